The number of fused-ring (bicyclic) bond motifs is 1. The van der Waals surface area contributed by atoms with Crippen LogP contribution in [0.4, 0.5) is 17.6 Å². The number of alkyl halides is 3. The fourth-order valence-electron chi connectivity index (χ4n) is 4.73. The molecule has 2 fully saturated rings. The number of nitrogens with one attached hydrogen (secondary N) is 1. The molecule has 0 radical (unpaired) electrons. The summed E-state index contributed by atoms with van der Waals surface area (Å²) in [6.07, 6.45) is -3.82. The first kappa shape index (κ1) is 21.3. The number of carbonyl (C=O) groups excluding carboxylic acids is 1. The molecule has 2 N–H and O–H groups in total. The first-order chi connectivity index (χ1) is 14.7. The molecule has 0 bridgehead atoms. The van der Waals surface area contributed by atoms with E-state index in [1.807, 2.05) is 0 Å². The van der Waals surface area contributed by atoms with Crippen molar-refractivity contribution in [2.24, 2.45) is 5.92 Å². The SMILES string of the molecule is O=C(O)c1c(F)cccc1C(=O)N1C[C@H](c2ccc(C(F)(F)F)cc2)[C@H]2CNCC[C@H]21. The average Bonchev–Trinajstić information content (AvgIpc) is 3.12. The summed E-state index contributed by atoms with van der Waals surface area (Å²) in [5, 5.41) is 12.6. The van der Waals surface area contributed by atoms with Gasteiger partial charge >= 0.3 is 12.1 Å². The third-order valence-electron chi connectivity index (χ3n) is 6.19. The Balaban J connectivity index is 1.67. The Kier molecular flexibility index (Phi) is 5.47. The first-order valence-electron chi connectivity index (χ1n) is 9.89. The lowest BCUT2D eigenvalue weighted by Gasteiger charge is -2.33. The van der Waals surface area contributed by atoms with Gasteiger partial charge in [-0.15, -0.1) is 0 Å². The van der Waals surface area contributed by atoms with Crippen LogP contribution in [0, 0.1) is 11.7 Å². The zero-order chi connectivity index (χ0) is 22.3. The molecule has 1 amide bonds. The van der Waals surface area contributed by atoms with Crippen LogP contribution in [0.1, 0.15) is 44.2 Å². The molecule has 31 heavy (non-hydrogen) atoms. The van der Waals surface area contributed by atoms with E-state index in [1.165, 1.54) is 24.3 Å². The van der Waals surface area contributed by atoms with Crippen molar-refractivity contribution in [2.75, 3.05) is 19.6 Å². The van der Waals surface area contributed by atoms with Gasteiger partial charge < -0.3 is 15.3 Å². The average molecular weight is 436 g/mol. The van der Waals surface area contributed by atoms with Crippen molar-refractivity contribution < 1.29 is 32.3 Å². The second-order valence-electron chi connectivity index (χ2n) is 7.88. The summed E-state index contributed by atoms with van der Waals surface area (Å²) >= 11 is 0. The minimum absolute atomic E-state index is 0.0451. The monoisotopic (exact) mass is 436 g/mol. The van der Waals surface area contributed by atoms with Crippen molar-refractivity contribution in [1.82, 2.24) is 10.2 Å². The highest BCUT2D eigenvalue weighted by molar-refractivity contribution is 6.05. The number of carboxylic acid groups (broad SMARTS) is 1. The highest BCUT2D eigenvalue weighted by Crippen LogP contribution is 2.41. The molecule has 4 rings (SSSR count). The lowest BCUT2D eigenvalue weighted by Crippen LogP contribution is -2.46. The van der Waals surface area contributed by atoms with Crippen LogP contribution < -0.4 is 5.32 Å². The molecule has 3 atom stereocenters. The van der Waals surface area contributed by atoms with Crippen LogP contribution in [0.3, 0.4) is 0 Å². The van der Waals surface area contributed by atoms with Gasteiger partial charge in [-0.25, -0.2) is 9.18 Å². The zero-order valence-electron chi connectivity index (χ0n) is 16.3. The van der Waals surface area contributed by atoms with Crippen molar-refractivity contribution in [3.05, 3.63) is 70.5 Å². The number of carbonyl (C=O) groups is 2. The number of aromatic carboxylic acids is 1. The Morgan fingerprint density at radius 2 is 1.81 bits per heavy atom. The minimum Gasteiger partial charge on any atom is -0.478 e. The van der Waals surface area contributed by atoms with Gasteiger partial charge in [0.25, 0.3) is 5.91 Å². The summed E-state index contributed by atoms with van der Waals surface area (Å²) in [6, 6.07) is 8.26. The summed E-state index contributed by atoms with van der Waals surface area (Å²) in [5.41, 5.74) is -0.958. The Hall–Kier alpha value is -2.94. The Bertz CT molecular complexity index is 1010. The Labute approximate surface area is 175 Å². The smallest absolute Gasteiger partial charge is 0.416 e. The molecule has 2 saturated heterocycles. The lowest BCUT2D eigenvalue weighted by molar-refractivity contribution is -0.137. The van der Waals surface area contributed by atoms with Crippen LogP contribution in [0.5, 0.6) is 0 Å². The molecule has 2 aliphatic rings. The lowest BCUT2D eigenvalue weighted by atomic mass is 9.82. The van der Waals surface area contributed by atoms with Crippen molar-refractivity contribution in [3.63, 3.8) is 0 Å². The molecular formula is C22H20F4N2O3. The summed E-state index contributed by atoms with van der Waals surface area (Å²) in [6.45, 7) is 1.45. The number of hydrogen-bond donors (Lipinski definition) is 2. The standard InChI is InChI=1S/C22H20F4N2O3/c23-17-3-1-2-14(19(17)21(30)31)20(29)28-11-16(15-10-27-9-8-18(15)28)12-4-6-13(7-5-12)22(24,25)26/h1-7,15-16,18,27H,8-11H2,(H,30,31)/t15-,16-,18-/m1/s1. The van der Waals surface area contributed by atoms with Gasteiger partial charge in [-0.2, -0.15) is 13.2 Å². The molecule has 5 nitrogen and oxygen atoms in total. The van der Waals surface area contributed by atoms with E-state index < -0.39 is 35.0 Å². The molecule has 164 valence electrons. The van der Waals surface area contributed by atoms with E-state index in [-0.39, 0.29) is 30.0 Å². The fraction of sp³-hybridized carbons (Fsp3) is 0.364. The maximum absolute atomic E-state index is 14.1. The van der Waals surface area contributed by atoms with Crippen LogP contribution >= 0.6 is 0 Å². The fourth-order valence-corrected chi connectivity index (χ4v) is 4.73. The minimum atomic E-state index is -4.43. The molecule has 9 heteroatoms. The summed E-state index contributed by atoms with van der Waals surface area (Å²) in [4.78, 5) is 26.3. The number of halogens is 4. The van der Waals surface area contributed by atoms with Crippen LogP contribution in [0.2, 0.25) is 0 Å². The number of piperidine rings is 1. The van der Waals surface area contributed by atoms with Gasteiger partial charge in [-0.05, 0) is 42.8 Å². The highest BCUT2D eigenvalue weighted by Gasteiger charge is 2.46. The first-order valence-corrected chi connectivity index (χ1v) is 9.89. The van der Waals surface area contributed by atoms with Gasteiger partial charge in [0.2, 0.25) is 0 Å². The molecule has 0 spiro atoms. The van der Waals surface area contributed by atoms with Gasteiger partial charge in [0.05, 0.1) is 11.1 Å². The predicted octanol–water partition coefficient (Wildman–Crippen LogP) is 3.76. The molecule has 2 aromatic carbocycles. The predicted molar refractivity (Wildman–Crippen MR) is 103 cm³/mol. The van der Waals surface area contributed by atoms with Gasteiger partial charge in [0.15, 0.2) is 0 Å². The highest BCUT2D eigenvalue weighted by atomic mass is 19.4. The summed E-state index contributed by atoms with van der Waals surface area (Å²) in [5.74, 6) is -3.36. The molecule has 0 saturated carbocycles. The van der Waals surface area contributed by atoms with E-state index >= 15 is 0 Å². The van der Waals surface area contributed by atoms with E-state index in [0.29, 0.717) is 25.1 Å². The third-order valence-corrected chi connectivity index (χ3v) is 6.19. The van der Waals surface area contributed by atoms with Crippen LogP contribution in [0.25, 0.3) is 0 Å². The molecule has 2 aromatic rings. The second kappa shape index (κ2) is 7.96. The van der Waals surface area contributed by atoms with Crippen molar-refractivity contribution in [3.8, 4) is 0 Å². The van der Waals surface area contributed by atoms with Crippen LogP contribution in [-0.4, -0.2) is 47.6 Å². The van der Waals surface area contributed by atoms with Crippen LogP contribution in [-0.2, 0) is 6.18 Å². The molecule has 0 unspecified atom stereocenters. The normalized spacial score (nSPS) is 23.5. The number of likely N-dealkylation sites (tertiary alicyclic amines) is 1. The number of benzene rings is 2. The van der Waals surface area contributed by atoms with Crippen LogP contribution in [0.15, 0.2) is 42.5 Å². The molecule has 2 aliphatic heterocycles. The molecule has 2 heterocycles. The maximum Gasteiger partial charge on any atom is 0.416 e. The quantitative estimate of drug-likeness (QED) is 0.719. The zero-order valence-corrected chi connectivity index (χ0v) is 16.3. The molecule has 0 aliphatic carbocycles. The van der Waals surface area contributed by atoms with Crippen molar-refractivity contribution in [1.29, 1.82) is 0 Å². The summed E-state index contributed by atoms with van der Waals surface area (Å²) < 4.78 is 52.8. The number of rotatable bonds is 3. The molecule has 0 aromatic heterocycles. The van der Waals surface area contributed by atoms with Gasteiger partial charge in [-0.1, -0.05) is 18.2 Å². The van der Waals surface area contributed by atoms with Crippen molar-refractivity contribution >= 4 is 11.9 Å². The number of amides is 1. The third kappa shape index (κ3) is 3.89. The van der Waals surface area contributed by atoms with Gasteiger partial charge in [0, 0.05) is 31.0 Å². The second-order valence-corrected chi connectivity index (χ2v) is 7.88. The maximum atomic E-state index is 14.1. The van der Waals surface area contributed by atoms with E-state index in [9.17, 15) is 32.3 Å². The van der Waals surface area contributed by atoms with Gasteiger partial charge in [-0.3, -0.25) is 4.79 Å². The van der Waals surface area contributed by atoms with E-state index in [4.69, 9.17) is 0 Å². The van der Waals surface area contributed by atoms with Crippen molar-refractivity contribution in [2.45, 2.75) is 24.6 Å². The van der Waals surface area contributed by atoms with Gasteiger partial charge in [0.1, 0.15) is 11.4 Å². The summed E-state index contributed by atoms with van der Waals surface area (Å²) in [7, 11) is 0. The largest absolute Gasteiger partial charge is 0.478 e. The molecular weight excluding hydrogens is 416 g/mol. The number of hydrogen-bond acceptors (Lipinski definition) is 3. The number of nitrogens with zero attached hydrogens (tertiary/aromatic N) is 1. The Morgan fingerprint density at radius 3 is 2.45 bits per heavy atom. The van der Waals surface area contributed by atoms with E-state index in [2.05, 4.69) is 5.32 Å². The van der Waals surface area contributed by atoms with E-state index in [0.717, 1.165) is 18.2 Å². The number of carboxylic acids is 1. The van der Waals surface area contributed by atoms with E-state index in [1.54, 1.807) is 4.90 Å². The topological polar surface area (TPSA) is 69.6 Å². The Morgan fingerprint density at radius 1 is 1.10 bits per heavy atom.